The van der Waals surface area contributed by atoms with Crippen molar-refractivity contribution in [1.29, 1.82) is 0 Å². The van der Waals surface area contributed by atoms with Crippen LogP contribution >= 0.6 is 0 Å². The van der Waals surface area contributed by atoms with Gasteiger partial charge in [0, 0.05) is 7.11 Å². The first-order valence-electron chi connectivity index (χ1n) is 11.6. The minimum atomic E-state index is -0.0750. The zero-order valence-electron chi connectivity index (χ0n) is 17.8. The lowest BCUT2D eigenvalue weighted by atomic mass is 9.43. The molecule has 0 radical (unpaired) electrons. The second-order valence-corrected chi connectivity index (χ2v) is 11.0. The van der Waals surface area contributed by atoms with Gasteiger partial charge in [-0.15, -0.1) is 0 Å². The monoisotopic (exact) mass is 362 g/mol. The predicted octanol–water partition coefficient (Wildman–Crippen LogP) is 5.68. The van der Waals surface area contributed by atoms with Gasteiger partial charge < -0.3 is 9.84 Å². The van der Waals surface area contributed by atoms with Gasteiger partial charge >= 0.3 is 0 Å². The molecule has 0 saturated heterocycles. The van der Waals surface area contributed by atoms with E-state index in [1.54, 1.807) is 0 Å². The van der Waals surface area contributed by atoms with E-state index in [9.17, 15) is 5.11 Å². The van der Waals surface area contributed by atoms with Crippen molar-refractivity contribution >= 4 is 0 Å². The Bertz CT molecular complexity index is 518. The third-order valence-corrected chi connectivity index (χ3v) is 10.4. The van der Waals surface area contributed by atoms with E-state index in [1.807, 2.05) is 7.11 Å². The van der Waals surface area contributed by atoms with Crippen LogP contribution in [0.1, 0.15) is 85.5 Å². The fourth-order valence-electron chi connectivity index (χ4n) is 8.66. The highest BCUT2D eigenvalue weighted by atomic mass is 16.5. The third kappa shape index (κ3) is 2.65. The molecule has 150 valence electrons. The van der Waals surface area contributed by atoms with Crippen LogP contribution < -0.4 is 0 Å². The van der Waals surface area contributed by atoms with Gasteiger partial charge in [-0.1, -0.05) is 34.1 Å². The molecule has 0 aliphatic heterocycles. The highest BCUT2D eigenvalue weighted by Crippen LogP contribution is 2.68. The van der Waals surface area contributed by atoms with Crippen LogP contribution in [-0.2, 0) is 4.74 Å². The normalized spacial score (nSPS) is 54.9. The van der Waals surface area contributed by atoms with E-state index in [0.717, 1.165) is 30.1 Å². The summed E-state index contributed by atoms with van der Waals surface area (Å²) < 4.78 is 5.71. The summed E-state index contributed by atoms with van der Waals surface area (Å²) in [5, 5.41) is 11.3. The van der Waals surface area contributed by atoms with Crippen LogP contribution in [0.15, 0.2) is 0 Å². The lowest BCUT2D eigenvalue weighted by Crippen LogP contribution is -2.58. The van der Waals surface area contributed by atoms with E-state index in [2.05, 4.69) is 27.7 Å². The number of fused-ring (bicyclic) bond motifs is 5. The molecule has 26 heavy (non-hydrogen) atoms. The number of aliphatic hydroxyl groups is 1. The highest BCUT2D eigenvalue weighted by Gasteiger charge is 2.62. The second-order valence-electron chi connectivity index (χ2n) is 11.0. The lowest BCUT2D eigenvalue weighted by molar-refractivity contribution is -0.176. The average Bonchev–Trinajstić information content (AvgIpc) is 2.98. The maximum absolute atomic E-state index is 11.3. The maximum Gasteiger partial charge on any atom is 0.0577 e. The summed E-state index contributed by atoms with van der Waals surface area (Å²) in [5.74, 6) is 4.43. The summed E-state index contributed by atoms with van der Waals surface area (Å²) in [6.07, 6.45) is 11.9. The quantitative estimate of drug-likeness (QED) is 0.700. The van der Waals surface area contributed by atoms with Crippen molar-refractivity contribution in [1.82, 2.24) is 0 Å². The van der Waals surface area contributed by atoms with Gasteiger partial charge in [0.05, 0.1) is 12.2 Å². The van der Waals surface area contributed by atoms with Crippen LogP contribution in [0.25, 0.3) is 0 Å². The molecule has 0 spiro atoms. The Kier molecular flexibility index (Phi) is 5.01. The molecule has 2 heteroatoms. The Morgan fingerprint density at radius 1 is 1.00 bits per heavy atom. The maximum atomic E-state index is 11.3. The molecule has 4 rings (SSSR count). The molecule has 4 saturated carbocycles. The average molecular weight is 363 g/mol. The summed E-state index contributed by atoms with van der Waals surface area (Å²) in [6.45, 7) is 10.0. The molecule has 4 aliphatic rings. The lowest BCUT2D eigenvalue weighted by Gasteiger charge is -2.62. The van der Waals surface area contributed by atoms with E-state index in [0.29, 0.717) is 28.8 Å². The second kappa shape index (κ2) is 6.76. The van der Waals surface area contributed by atoms with E-state index < -0.39 is 0 Å². The molecule has 0 bridgehead atoms. The SMILES string of the molecule is CC[C@@H](C)[C@H]1CC[C@H]2[C@@H]3[C@H](O)C[C@@H]4C[C@H](OC)CC[C@]4(C)[C@H]3CC[C@]12C. The van der Waals surface area contributed by atoms with Crippen LogP contribution in [0.4, 0.5) is 0 Å². The number of hydrogen-bond donors (Lipinski definition) is 1. The minimum absolute atomic E-state index is 0.0750. The van der Waals surface area contributed by atoms with Gasteiger partial charge in [0.15, 0.2) is 0 Å². The molecule has 0 amide bonds. The number of ether oxygens (including phenoxy) is 1. The highest BCUT2D eigenvalue weighted by molar-refractivity contribution is 5.11. The van der Waals surface area contributed by atoms with E-state index >= 15 is 0 Å². The van der Waals surface area contributed by atoms with Gasteiger partial charge in [0.2, 0.25) is 0 Å². The van der Waals surface area contributed by atoms with Crippen molar-refractivity contribution in [3.8, 4) is 0 Å². The van der Waals surface area contributed by atoms with Crippen molar-refractivity contribution in [2.75, 3.05) is 7.11 Å². The fraction of sp³-hybridized carbons (Fsp3) is 1.00. The number of methoxy groups -OCH3 is 1. The number of rotatable bonds is 3. The van der Waals surface area contributed by atoms with Crippen molar-refractivity contribution in [2.24, 2.45) is 46.3 Å². The molecule has 0 heterocycles. The standard InChI is InChI=1S/C24H42O2/c1-6-15(2)18-7-8-19-22-20(10-12-24(18,19)4)23(3)11-9-17(26-5)13-16(23)14-21(22)25/h15-22,25H,6-14H2,1-5H3/t15-,16+,17-,18-,19+,20+,21-,22+,23+,24-/m1/s1. The summed E-state index contributed by atoms with van der Waals surface area (Å²) in [7, 11) is 1.87. The summed E-state index contributed by atoms with van der Waals surface area (Å²) in [5.41, 5.74) is 0.916. The molecular formula is C24H42O2. The largest absolute Gasteiger partial charge is 0.393 e. The fourth-order valence-corrected chi connectivity index (χ4v) is 8.66. The van der Waals surface area contributed by atoms with Crippen LogP contribution in [0.3, 0.4) is 0 Å². The smallest absolute Gasteiger partial charge is 0.0577 e. The molecule has 0 aromatic heterocycles. The van der Waals surface area contributed by atoms with Gasteiger partial charge in [0.1, 0.15) is 0 Å². The minimum Gasteiger partial charge on any atom is -0.393 e. The Hall–Kier alpha value is -0.0800. The van der Waals surface area contributed by atoms with Crippen LogP contribution in [-0.4, -0.2) is 24.4 Å². The Balaban J connectivity index is 1.61. The number of aliphatic hydroxyl groups excluding tert-OH is 1. The topological polar surface area (TPSA) is 29.5 Å². The Morgan fingerprint density at radius 3 is 2.38 bits per heavy atom. The van der Waals surface area contributed by atoms with Crippen molar-refractivity contribution in [2.45, 2.75) is 97.7 Å². The van der Waals surface area contributed by atoms with Crippen LogP contribution in [0, 0.1) is 46.3 Å². The van der Waals surface area contributed by atoms with Gasteiger partial charge in [-0.25, -0.2) is 0 Å². The summed E-state index contributed by atoms with van der Waals surface area (Å²) in [6, 6.07) is 0. The molecule has 2 nitrogen and oxygen atoms in total. The molecule has 0 aromatic carbocycles. The Morgan fingerprint density at radius 2 is 1.69 bits per heavy atom. The summed E-state index contributed by atoms with van der Waals surface area (Å²) in [4.78, 5) is 0. The molecule has 4 aliphatic carbocycles. The third-order valence-electron chi connectivity index (χ3n) is 10.4. The molecule has 10 atom stereocenters. The van der Waals surface area contributed by atoms with E-state index in [1.165, 1.54) is 51.4 Å². The number of hydrogen-bond acceptors (Lipinski definition) is 2. The Labute approximate surface area is 161 Å². The first-order chi connectivity index (χ1) is 12.3. The molecule has 4 fully saturated rings. The molecule has 1 N–H and O–H groups in total. The van der Waals surface area contributed by atoms with Crippen molar-refractivity contribution in [3.05, 3.63) is 0 Å². The van der Waals surface area contributed by atoms with Gasteiger partial charge in [-0.05, 0) is 97.7 Å². The molecular weight excluding hydrogens is 320 g/mol. The van der Waals surface area contributed by atoms with Crippen molar-refractivity contribution < 1.29 is 9.84 Å². The van der Waals surface area contributed by atoms with Gasteiger partial charge in [-0.3, -0.25) is 0 Å². The predicted molar refractivity (Wildman–Crippen MR) is 107 cm³/mol. The zero-order chi connectivity index (χ0) is 18.7. The van der Waals surface area contributed by atoms with Crippen LogP contribution in [0.2, 0.25) is 0 Å². The first kappa shape index (κ1) is 19.2. The molecule has 0 unspecified atom stereocenters. The van der Waals surface area contributed by atoms with E-state index in [4.69, 9.17) is 4.74 Å². The molecule has 0 aromatic rings. The zero-order valence-corrected chi connectivity index (χ0v) is 17.8. The first-order valence-corrected chi connectivity index (χ1v) is 11.6. The van der Waals surface area contributed by atoms with Gasteiger partial charge in [0.25, 0.3) is 0 Å². The van der Waals surface area contributed by atoms with Crippen molar-refractivity contribution in [3.63, 3.8) is 0 Å². The van der Waals surface area contributed by atoms with Crippen LogP contribution in [0.5, 0.6) is 0 Å². The summed E-state index contributed by atoms with van der Waals surface area (Å²) >= 11 is 0. The van der Waals surface area contributed by atoms with Gasteiger partial charge in [-0.2, -0.15) is 0 Å². The van der Waals surface area contributed by atoms with E-state index in [-0.39, 0.29) is 6.10 Å².